The van der Waals surface area contributed by atoms with Gasteiger partial charge in [0.25, 0.3) is 5.91 Å². The maximum atomic E-state index is 13.2. The maximum absolute atomic E-state index is 13.2. The van der Waals surface area contributed by atoms with Crippen molar-refractivity contribution in [1.82, 2.24) is 24.9 Å². The van der Waals surface area contributed by atoms with Crippen molar-refractivity contribution in [1.29, 1.82) is 0 Å². The molecule has 36 heavy (non-hydrogen) atoms. The van der Waals surface area contributed by atoms with Crippen molar-refractivity contribution in [2.45, 2.75) is 38.9 Å². The predicted molar refractivity (Wildman–Crippen MR) is 126 cm³/mol. The number of benzene rings is 2. The second kappa shape index (κ2) is 9.10. The van der Waals surface area contributed by atoms with Gasteiger partial charge < -0.3 is 5.32 Å². The van der Waals surface area contributed by atoms with Crippen LogP contribution in [0.3, 0.4) is 0 Å². The van der Waals surface area contributed by atoms with Gasteiger partial charge in [0.1, 0.15) is 0 Å². The minimum atomic E-state index is -4.54. The Kier molecular flexibility index (Phi) is 5.95. The zero-order valence-corrected chi connectivity index (χ0v) is 19.3. The fraction of sp³-hybridized carbons (Fsp3) is 0.231. The van der Waals surface area contributed by atoms with Crippen LogP contribution in [0.5, 0.6) is 0 Å². The van der Waals surface area contributed by atoms with Crippen LogP contribution < -0.4 is 10.7 Å². The Bertz CT molecular complexity index is 1510. The van der Waals surface area contributed by atoms with Gasteiger partial charge in [0, 0.05) is 17.5 Å². The number of alkyl halides is 3. The predicted octanol–water partition coefficient (Wildman–Crippen LogP) is 4.16. The normalized spacial score (nSPS) is 13.0. The standard InChI is InChI=1S/C26H22F3N5O2/c1-16-13-23(35)24(32-33(16)19-10-5-7-17(14-19)26(27,28)29)25(36)30-15-21-20-11-6-12-22(20)34(31-21)18-8-3-2-4-9-18/h2-5,7-10,13-14H,6,11-12,15H2,1H3,(H,30,36). The van der Waals surface area contributed by atoms with Crippen LogP contribution >= 0.6 is 0 Å². The first-order valence-corrected chi connectivity index (χ1v) is 11.4. The SMILES string of the molecule is Cc1cc(=O)c(C(=O)NCc2nn(-c3ccccc3)c3c2CCC3)nn1-c1cccc(C(F)(F)F)c1. The third kappa shape index (κ3) is 4.41. The van der Waals surface area contributed by atoms with E-state index >= 15 is 0 Å². The van der Waals surface area contributed by atoms with Crippen LogP contribution in [0.25, 0.3) is 11.4 Å². The van der Waals surface area contributed by atoms with E-state index in [1.165, 1.54) is 25.1 Å². The van der Waals surface area contributed by atoms with Crippen molar-refractivity contribution in [2.24, 2.45) is 0 Å². The highest BCUT2D eigenvalue weighted by molar-refractivity contribution is 5.92. The summed E-state index contributed by atoms with van der Waals surface area (Å²) in [6.07, 6.45) is -1.82. The molecule has 0 saturated heterocycles. The molecule has 2 heterocycles. The van der Waals surface area contributed by atoms with Crippen LogP contribution in [-0.4, -0.2) is 25.5 Å². The molecule has 5 rings (SSSR count). The Labute approximate surface area is 204 Å². The number of fused-ring (bicyclic) bond motifs is 1. The summed E-state index contributed by atoms with van der Waals surface area (Å²) in [5, 5.41) is 11.5. The lowest BCUT2D eigenvalue weighted by atomic mass is 10.2. The monoisotopic (exact) mass is 493 g/mol. The van der Waals surface area contributed by atoms with Gasteiger partial charge in [-0.2, -0.15) is 23.4 Å². The second-order valence-electron chi connectivity index (χ2n) is 8.61. The molecule has 0 bridgehead atoms. The molecule has 1 aliphatic rings. The molecular formula is C26H22F3N5O2. The molecule has 2 aromatic heterocycles. The van der Waals surface area contributed by atoms with E-state index in [1.807, 2.05) is 35.0 Å². The van der Waals surface area contributed by atoms with Crippen molar-refractivity contribution in [2.75, 3.05) is 0 Å². The number of nitrogens with one attached hydrogen (secondary N) is 1. The van der Waals surface area contributed by atoms with E-state index in [1.54, 1.807) is 0 Å². The molecule has 4 aromatic rings. The summed E-state index contributed by atoms with van der Waals surface area (Å²) >= 11 is 0. The van der Waals surface area contributed by atoms with Crippen LogP contribution in [0.1, 0.15) is 45.1 Å². The van der Waals surface area contributed by atoms with Crippen molar-refractivity contribution >= 4 is 5.91 Å². The van der Waals surface area contributed by atoms with Gasteiger partial charge >= 0.3 is 6.18 Å². The highest BCUT2D eigenvalue weighted by atomic mass is 19.4. The Morgan fingerprint density at radius 2 is 1.72 bits per heavy atom. The molecule has 0 aliphatic heterocycles. The molecular weight excluding hydrogens is 471 g/mol. The summed E-state index contributed by atoms with van der Waals surface area (Å²) in [5.41, 5.74) is 2.34. The number of nitrogens with zero attached hydrogens (tertiary/aromatic N) is 4. The molecule has 0 unspecified atom stereocenters. The van der Waals surface area contributed by atoms with Gasteiger partial charge in [-0.05, 0) is 62.1 Å². The number of aryl methyl sites for hydroxylation is 1. The van der Waals surface area contributed by atoms with Crippen LogP contribution in [0.15, 0.2) is 65.5 Å². The summed E-state index contributed by atoms with van der Waals surface area (Å²) in [4.78, 5) is 25.5. The number of halogens is 3. The largest absolute Gasteiger partial charge is 0.416 e. The summed E-state index contributed by atoms with van der Waals surface area (Å²) in [7, 11) is 0. The maximum Gasteiger partial charge on any atom is 0.416 e. The summed E-state index contributed by atoms with van der Waals surface area (Å²) < 4.78 is 42.6. The smallest absolute Gasteiger partial charge is 0.345 e. The van der Waals surface area contributed by atoms with Crippen molar-refractivity contribution in [3.05, 3.63) is 105 Å². The van der Waals surface area contributed by atoms with E-state index in [4.69, 9.17) is 5.10 Å². The van der Waals surface area contributed by atoms with E-state index in [2.05, 4.69) is 10.4 Å². The third-order valence-corrected chi connectivity index (χ3v) is 6.17. The van der Waals surface area contributed by atoms with Crippen LogP contribution in [0.4, 0.5) is 13.2 Å². The second-order valence-corrected chi connectivity index (χ2v) is 8.61. The molecule has 184 valence electrons. The lowest BCUT2D eigenvalue weighted by molar-refractivity contribution is -0.137. The molecule has 1 aliphatic carbocycles. The zero-order chi connectivity index (χ0) is 25.4. The Hall–Kier alpha value is -4.21. The van der Waals surface area contributed by atoms with Gasteiger partial charge in [-0.15, -0.1) is 0 Å². The summed E-state index contributed by atoms with van der Waals surface area (Å²) in [6, 6.07) is 15.4. The third-order valence-electron chi connectivity index (χ3n) is 6.17. The van der Waals surface area contributed by atoms with Crippen LogP contribution in [0.2, 0.25) is 0 Å². The minimum absolute atomic E-state index is 0.0933. The van der Waals surface area contributed by atoms with Crippen molar-refractivity contribution < 1.29 is 18.0 Å². The van der Waals surface area contributed by atoms with Gasteiger partial charge in [0.2, 0.25) is 5.43 Å². The average Bonchev–Trinajstić information content (AvgIpc) is 3.46. The van der Waals surface area contributed by atoms with Gasteiger partial charge in [-0.3, -0.25) is 9.59 Å². The highest BCUT2D eigenvalue weighted by Gasteiger charge is 2.31. The Balaban J connectivity index is 1.42. The van der Waals surface area contributed by atoms with Crippen molar-refractivity contribution in [3.63, 3.8) is 0 Å². The molecule has 0 spiro atoms. The number of para-hydroxylation sites is 1. The quantitative estimate of drug-likeness (QED) is 0.453. The average molecular weight is 493 g/mol. The molecule has 0 atom stereocenters. The molecule has 1 amide bonds. The Morgan fingerprint density at radius 1 is 0.972 bits per heavy atom. The first kappa shape index (κ1) is 23.5. The van der Waals surface area contributed by atoms with Crippen LogP contribution in [-0.2, 0) is 25.6 Å². The fourth-order valence-corrected chi connectivity index (χ4v) is 4.47. The lowest BCUT2D eigenvalue weighted by Crippen LogP contribution is -2.32. The molecule has 0 radical (unpaired) electrons. The fourth-order valence-electron chi connectivity index (χ4n) is 4.47. The molecule has 1 N–H and O–H groups in total. The Morgan fingerprint density at radius 3 is 2.47 bits per heavy atom. The number of carbonyl (C=O) groups excluding carboxylic acids is 1. The number of aromatic nitrogens is 4. The first-order chi connectivity index (χ1) is 17.2. The summed E-state index contributed by atoms with van der Waals surface area (Å²) in [5.74, 6) is -0.721. The van der Waals surface area contributed by atoms with Gasteiger partial charge in [-0.1, -0.05) is 24.3 Å². The lowest BCUT2D eigenvalue weighted by Gasteiger charge is -2.13. The zero-order valence-electron chi connectivity index (χ0n) is 19.3. The van der Waals surface area contributed by atoms with Gasteiger partial charge in [0.15, 0.2) is 5.69 Å². The van der Waals surface area contributed by atoms with Gasteiger partial charge in [-0.25, -0.2) is 9.36 Å². The number of carbonyl (C=O) groups is 1. The molecule has 0 fully saturated rings. The number of amides is 1. The van der Waals surface area contributed by atoms with E-state index in [0.29, 0.717) is 11.4 Å². The van der Waals surface area contributed by atoms with Crippen molar-refractivity contribution in [3.8, 4) is 11.4 Å². The topological polar surface area (TPSA) is 81.8 Å². The number of hydrogen-bond acceptors (Lipinski definition) is 4. The number of rotatable bonds is 5. The molecule has 7 nitrogen and oxygen atoms in total. The molecule has 2 aromatic carbocycles. The van der Waals surface area contributed by atoms with E-state index < -0.39 is 28.8 Å². The first-order valence-electron chi connectivity index (χ1n) is 11.4. The molecule has 10 heteroatoms. The van der Waals surface area contributed by atoms with E-state index in [-0.39, 0.29) is 12.2 Å². The van der Waals surface area contributed by atoms with E-state index in [9.17, 15) is 22.8 Å². The van der Waals surface area contributed by atoms with E-state index in [0.717, 1.165) is 53.0 Å². The van der Waals surface area contributed by atoms with Gasteiger partial charge in [0.05, 0.1) is 29.2 Å². The highest BCUT2D eigenvalue weighted by Crippen LogP contribution is 2.30. The summed E-state index contributed by atoms with van der Waals surface area (Å²) in [6.45, 7) is 1.63. The minimum Gasteiger partial charge on any atom is -0.345 e. The van der Waals surface area contributed by atoms with Crippen LogP contribution in [0, 0.1) is 6.92 Å². The number of hydrogen-bond donors (Lipinski definition) is 1. The molecule has 0 saturated carbocycles.